The smallest absolute Gasteiger partial charge is 0.268 e. The van der Waals surface area contributed by atoms with E-state index in [2.05, 4.69) is 54.5 Å². The number of hydrogen-bond donors (Lipinski definition) is 0. The molecule has 3 aromatic heterocycles. The van der Waals surface area contributed by atoms with Crippen LogP contribution in [0.5, 0.6) is 0 Å². The summed E-state index contributed by atoms with van der Waals surface area (Å²) in [5.41, 5.74) is 3.70. The highest BCUT2D eigenvalue weighted by molar-refractivity contribution is 7.13. The van der Waals surface area contributed by atoms with Gasteiger partial charge in [-0.2, -0.15) is 10.2 Å². The fraction of sp³-hybridized carbons (Fsp3) is 0.316. The molecule has 25 heavy (non-hydrogen) atoms. The maximum Gasteiger partial charge on any atom is 0.268 e. The molecule has 0 aromatic carbocycles. The van der Waals surface area contributed by atoms with E-state index in [-0.39, 0.29) is 5.89 Å². The number of allylic oxidation sites excluding steroid dienone is 1. The third-order valence-corrected chi connectivity index (χ3v) is 4.84. The Kier molecular flexibility index (Phi) is 4.86. The lowest BCUT2D eigenvalue weighted by atomic mass is 10.1. The molecule has 6 heteroatoms. The Morgan fingerprint density at radius 2 is 2.24 bits per heavy atom. The van der Waals surface area contributed by atoms with Gasteiger partial charge in [0, 0.05) is 17.9 Å². The summed E-state index contributed by atoms with van der Waals surface area (Å²) < 4.78 is 7.58. The molecular weight excluding hydrogens is 332 g/mol. The van der Waals surface area contributed by atoms with Gasteiger partial charge in [0.15, 0.2) is 0 Å². The van der Waals surface area contributed by atoms with Crippen LogP contribution in [0.25, 0.3) is 22.4 Å². The number of aromatic nitrogens is 3. The van der Waals surface area contributed by atoms with Gasteiger partial charge < -0.3 is 9.09 Å². The molecule has 128 valence electrons. The minimum atomic E-state index is 0.250. The molecule has 0 bridgehead atoms. The fourth-order valence-corrected chi connectivity index (χ4v) is 3.41. The van der Waals surface area contributed by atoms with Crippen molar-refractivity contribution in [3.05, 3.63) is 46.4 Å². The maximum atomic E-state index is 9.54. The molecule has 3 rings (SSSR count). The molecule has 0 atom stereocenters. The molecule has 3 aromatic rings. The summed E-state index contributed by atoms with van der Waals surface area (Å²) >= 11 is 1.54. The van der Waals surface area contributed by atoms with Crippen LogP contribution in [-0.4, -0.2) is 14.7 Å². The Hall–Kier alpha value is -2.65. The number of hydrogen-bond acceptors (Lipinski definition) is 5. The summed E-state index contributed by atoms with van der Waals surface area (Å²) in [4.78, 5) is 5.28. The van der Waals surface area contributed by atoms with Gasteiger partial charge in [-0.25, -0.2) is 0 Å². The second-order valence-corrected chi connectivity index (χ2v) is 7.35. The van der Waals surface area contributed by atoms with Crippen molar-refractivity contribution in [2.75, 3.05) is 0 Å². The van der Waals surface area contributed by atoms with Crippen molar-refractivity contribution in [3.63, 3.8) is 0 Å². The zero-order chi connectivity index (χ0) is 18.0. The van der Waals surface area contributed by atoms with Crippen molar-refractivity contribution >= 4 is 23.0 Å². The van der Waals surface area contributed by atoms with E-state index in [9.17, 15) is 5.26 Å². The summed E-state index contributed by atoms with van der Waals surface area (Å²) in [6.45, 7) is 9.50. The summed E-state index contributed by atoms with van der Waals surface area (Å²) in [6.07, 6.45) is 1.82. The van der Waals surface area contributed by atoms with Gasteiger partial charge in [0.2, 0.25) is 5.82 Å². The predicted molar refractivity (Wildman–Crippen MR) is 99.8 cm³/mol. The predicted octanol–water partition coefficient (Wildman–Crippen LogP) is 4.94. The fourth-order valence-electron chi connectivity index (χ4n) is 2.76. The van der Waals surface area contributed by atoms with Gasteiger partial charge in [-0.15, -0.1) is 11.3 Å². The maximum absolute atomic E-state index is 9.54. The highest BCUT2D eigenvalue weighted by atomic mass is 32.1. The van der Waals surface area contributed by atoms with Crippen LogP contribution < -0.4 is 0 Å². The molecule has 0 aliphatic heterocycles. The van der Waals surface area contributed by atoms with Gasteiger partial charge in [0.25, 0.3) is 5.89 Å². The SMILES string of the molecule is Cc1cc(/C=C(\C#N)c2nc(-c3cccs3)no2)c(C)n1CC(C)C. The van der Waals surface area contributed by atoms with E-state index in [0.717, 1.165) is 22.7 Å². The second kappa shape index (κ2) is 7.08. The standard InChI is InChI=1S/C19H20N4OS/c1-12(2)11-23-13(3)8-15(14(23)4)9-16(10-20)19-21-18(22-24-19)17-6-5-7-25-17/h5-9,12H,11H2,1-4H3/b16-9+. The van der Waals surface area contributed by atoms with E-state index < -0.39 is 0 Å². The Balaban J connectivity index is 1.95. The van der Waals surface area contributed by atoms with Crippen molar-refractivity contribution < 1.29 is 4.52 Å². The van der Waals surface area contributed by atoms with Crippen molar-refractivity contribution in [2.45, 2.75) is 34.2 Å². The molecule has 0 radical (unpaired) electrons. The average Bonchev–Trinajstić information content (AvgIpc) is 3.29. The molecule has 0 unspecified atom stereocenters. The first-order chi connectivity index (χ1) is 12.0. The average molecular weight is 352 g/mol. The lowest BCUT2D eigenvalue weighted by molar-refractivity contribution is 0.409. The Morgan fingerprint density at radius 3 is 2.88 bits per heavy atom. The van der Waals surface area contributed by atoms with E-state index in [1.54, 1.807) is 0 Å². The Bertz CT molecular complexity index is 939. The van der Waals surface area contributed by atoms with Gasteiger partial charge in [-0.05, 0) is 48.9 Å². The van der Waals surface area contributed by atoms with Crippen LogP contribution in [0.4, 0.5) is 0 Å². The van der Waals surface area contributed by atoms with Crippen molar-refractivity contribution in [3.8, 4) is 16.8 Å². The first kappa shape index (κ1) is 17.2. The molecule has 0 N–H and O–H groups in total. The number of thiophene rings is 1. The molecule has 0 aliphatic carbocycles. The lowest BCUT2D eigenvalue weighted by Crippen LogP contribution is -2.07. The number of rotatable bonds is 5. The third kappa shape index (κ3) is 3.57. The molecular formula is C19H20N4OS. The molecule has 0 fully saturated rings. The van der Waals surface area contributed by atoms with Crippen LogP contribution in [0.2, 0.25) is 0 Å². The van der Waals surface area contributed by atoms with Crippen LogP contribution in [0.15, 0.2) is 28.1 Å². The normalized spacial score (nSPS) is 11.9. The van der Waals surface area contributed by atoms with Crippen molar-refractivity contribution in [2.24, 2.45) is 5.92 Å². The Labute approximate surface area is 151 Å². The van der Waals surface area contributed by atoms with Crippen LogP contribution in [-0.2, 0) is 6.54 Å². The molecule has 0 saturated heterocycles. The topological polar surface area (TPSA) is 67.6 Å². The summed E-state index contributed by atoms with van der Waals surface area (Å²) in [6, 6.07) is 8.13. The van der Waals surface area contributed by atoms with E-state index in [1.807, 2.05) is 23.6 Å². The monoisotopic (exact) mass is 352 g/mol. The zero-order valence-corrected chi connectivity index (χ0v) is 15.6. The number of nitrogens with zero attached hydrogens (tertiary/aromatic N) is 4. The van der Waals surface area contributed by atoms with Gasteiger partial charge in [0.05, 0.1) is 4.88 Å². The van der Waals surface area contributed by atoms with E-state index in [4.69, 9.17) is 4.52 Å². The summed E-state index contributed by atoms with van der Waals surface area (Å²) in [5, 5.41) is 15.5. The third-order valence-electron chi connectivity index (χ3n) is 3.98. The molecule has 5 nitrogen and oxygen atoms in total. The van der Waals surface area contributed by atoms with Crippen molar-refractivity contribution in [1.29, 1.82) is 5.26 Å². The summed E-state index contributed by atoms with van der Waals surface area (Å²) in [7, 11) is 0. The largest absolute Gasteiger partial charge is 0.348 e. The van der Waals surface area contributed by atoms with Crippen LogP contribution >= 0.6 is 11.3 Å². The highest BCUT2D eigenvalue weighted by Gasteiger charge is 2.15. The molecule has 0 amide bonds. The van der Waals surface area contributed by atoms with E-state index in [1.165, 1.54) is 17.0 Å². The molecule has 3 heterocycles. The van der Waals surface area contributed by atoms with Gasteiger partial charge >= 0.3 is 0 Å². The van der Waals surface area contributed by atoms with Gasteiger partial charge in [-0.1, -0.05) is 25.1 Å². The van der Waals surface area contributed by atoms with Gasteiger partial charge in [0.1, 0.15) is 11.6 Å². The van der Waals surface area contributed by atoms with Gasteiger partial charge in [-0.3, -0.25) is 0 Å². The summed E-state index contributed by atoms with van der Waals surface area (Å²) in [5.74, 6) is 1.32. The number of aryl methyl sites for hydroxylation is 1. The van der Waals surface area contributed by atoms with Crippen molar-refractivity contribution in [1.82, 2.24) is 14.7 Å². The highest BCUT2D eigenvalue weighted by Crippen LogP contribution is 2.26. The first-order valence-corrected chi connectivity index (χ1v) is 9.04. The minimum Gasteiger partial charge on any atom is -0.348 e. The van der Waals surface area contributed by atoms with Crippen LogP contribution in [0.3, 0.4) is 0 Å². The first-order valence-electron chi connectivity index (χ1n) is 8.16. The van der Waals surface area contributed by atoms with E-state index in [0.29, 0.717) is 17.3 Å². The van der Waals surface area contributed by atoms with Crippen LogP contribution in [0.1, 0.15) is 36.7 Å². The molecule has 0 aliphatic rings. The second-order valence-electron chi connectivity index (χ2n) is 6.40. The Morgan fingerprint density at radius 1 is 1.44 bits per heavy atom. The minimum absolute atomic E-state index is 0.250. The number of nitriles is 1. The zero-order valence-electron chi connectivity index (χ0n) is 14.8. The van der Waals surface area contributed by atoms with Crippen LogP contribution in [0, 0.1) is 31.1 Å². The molecule has 0 saturated carbocycles. The lowest BCUT2D eigenvalue weighted by Gasteiger charge is -2.11. The molecule has 0 spiro atoms. The van der Waals surface area contributed by atoms with E-state index >= 15 is 0 Å². The quantitative estimate of drug-likeness (QED) is 0.610.